The van der Waals surface area contributed by atoms with Crippen LogP contribution in [0.1, 0.15) is 43.4 Å². The van der Waals surface area contributed by atoms with Gasteiger partial charge < -0.3 is 9.63 Å². The van der Waals surface area contributed by atoms with Crippen molar-refractivity contribution < 1.29 is 9.63 Å². The van der Waals surface area contributed by atoms with Gasteiger partial charge in [-0.3, -0.25) is 9.36 Å². The molecule has 176 valence electrons. The van der Waals surface area contributed by atoms with Gasteiger partial charge in [-0.1, -0.05) is 36.5 Å². The Hall–Kier alpha value is -3.05. The molecule has 4 heterocycles. The van der Waals surface area contributed by atoms with Gasteiger partial charge in [0.1, 0.15) is 17.4 Å². The number of benzene rings is 1. The molecule has 5 rings (SSSR count). The zero-order valence-corrected chi connectivity index (χ0v) is 20.7. The van der Waals surface area contributed by atoms with Crippen molar-refractivity contribution in [1.29, 1.82) is 0 Å². The molecule has 0 aliphatic carbocycles. The highest BCUT2D eigenvalue weighted by Crippen LogP contribution is 2.30. The van der Waals surface area contributed by atoms with Crippen LogP contribution in [0.15, 0.2) is 32.5 Å². The Morgan fingerprint density at radius 2 is 2.09 bits per heavy atom. The molecular formula is C22H21BrClN7O3. The third-order valence-corrected chi connectivity index (χ3v) is 6.47. The monoisotopic (exact) mass is 545 g/mol. The predicted octanol–water partition coefficient (Wildman–Crippen LogP) is 4.26. The number of phenolic OH excluding ortho intramolecular Hbond substituents is 1. The van der Waals surface area contributed by atoms with Crippen LogP contribution >= 0.6 is 27.5 Å². The van der Waals surface area contributed by atoms with E-state index >= 15 is 0 Å². The quantitative estimate of drug-likeness (QED) is 0.328. The van der Waals surface area contributed by atoms with E-state index in [0.29, 0.717) is 65.2 Å². The summed E-state index contributed by atoms with van der Waals surface area (Å²) in [6.45, 7) is 2.86. The number of hydrogen-bond donors (Lipinski definition) is 1. The van der Waals surface area contributed by atoms with Crippen LogP contribution in [0.5, 0.6) is 5.75 Å². The first-order chi connectivity index (χ1) is 16.5. The van der Waals surface area contributed by atoms with Crippen LogP contribution < -0.4 is 5.56 Å². The third kappa shape index (κ3) is 4.14. The van der Waals surface area contributed by atoms with Crippen molar-refractivity contribution in [1.82, 2.24) is 29.3 Å². The Labute approximate surface area is 207 Å². The summed E-state index contributed by atoms with van der Waals surface area (Å²) in [6.07, 6.45) is 4.37. The van der Waals surface area contributed by atoms with Gasteiger partial charge in [0.25, 0.3) is 11.4 Å². The number of rotatable bonds is 8. The number of aromatic hydroxyl groups is 1. The van der Waals surface area contributed by atoms with E-state index in [1.54, 1.807) is 10.5 Å². The van der Waals surface area contributed by atoms with Crippen molar-refractivity contribution in [2.45, 2.75) is 52.0 Å². The second-order valence-electron chi connectivity index (χ2n) is 8.06. The van der Waals surface area contributed by atoms with Crippen molar-refractivity contribution in [3.05, 3.63) is 50.8 Å². The predicted molar refractivity (Wildman–Crippen MR) is 130 cm³/mol. The highest BCUT2D eigenvalue weighted by molar-refractivity contribution is 9.18. The van der Waals surface area contributed by atoms with Gasteiger partial charge in [0, 0.05) is 25.8 Å². The van der Waals surface area contributed by atoms with Gasteiger partial charge in [-0.15, -0.1) is 10.2 Å². The molecule has 0 amide bonds. The SMILES string of the molecule is CCCCCn1c2c(c(=O)n3c(CCc4noc(-c5ccc(O)cc5Cl)n4)nnc13)CC(Br)=N2. The molecule has 0 saturated carbocycles. The van der Waals surface area contributed by atoms with E-state index in [9.17, 15) is 9.90 Å². The van der Waals surface area contributed by atoms with Crippen molar-refractivity contribution >= 4 is 43.7 Å². The highest BCUT2D eigenvalue weighted by Gasteiger charge is 2.25. The normalized spacial score (nSPS) is 13.0. The number of nitrogens with zero attached hydrogens (tertiary/aromatic N) is 7. The molecule has 1 N–H and O–H groups in total. The molecule has 0 bridgehead atoms. The zero-order valence-electron chi connectivity index (χ0n) is 18.3. The van der Waals surface area contributed by atoms with Crippen LogP contribution in [-0.2, 0) is 25.8 Å². The Balaban J connectivity index is 1.44. The van der Waals surface area contributed by atoms with E-state index in [-0.39, 0.29) is 17.2 Å². The van der Waals surface area contributed by atoms with Gasteiger partial charge in [0.2, 0.25) is 5.78 Å². The maximum absolute atomic E-state index is 13.3. The molecular weight excluding hydrogens is 526 g/mol. The fourth-order valence-corrected chi connectivity index (χ4v) is 4.72. The first-order valence-electron chi connectivity index (χ1n) is 11.0. The first kappa shape index (κ1) is 22.7. The number of aliphatic imine (C=N–C) groups is 1. The van der Waals surface area contributed by atoms with E-state index in [0.717, 1.165) is 23.9 Å². The minimum atomic E-state index is -0.153. The number of aryl methyl sites for hydroxylation is 3. The number of unbranched alkanes of at least 4 members (excludes halogenated alkanes) is 2. The van der Waals surface area contributed by atoms with Crippen molar-refractivity contribution in [2.75, 3.05) is 0 Å². The molecule has 10 nitrogen and oxygen atoms in total. The molecule has 12 heteroatoms. The maximum atomic E-state index is 13.3. The summed E-state index contributed by atoms with van der Waals surface area (Å²) >= 11 is 9.61. The molecule has 0 saturated heterocycles. The molecule has 1 aliphatic heterocycles. The number of aromatic nitrogens is 6. The van der Waals surface area contributed by atoms with Gasteiger partial charge in [-0.2, -0.15) is 4.98 Å². The average molecular weight is 547 g/mol. The molecule has 1 aliphatic rings. The van der Waals surface area contributed by atoms with E-state index < -0.39 is 0 Å². The fourth-order valence-electron chi connectivity index (χ4n) is 4.01. The Morgan fingerprint density at radius 3 is 2.88 bits per heavy atom. The summed E-state index contributed by atoms with van der Waals surface area (Å²) in [7, 11) is 0. The lowest BCUT2D eigenvalue weighted by Crippen LogP contribution is -2.24. The Bertz CT molecular complexity index is 1470. The summed E-state index contributed by atoms with van der Waals surface area (Å²) in [5.74, 6) is 2.44. The number of fused-ring (bicyclic) bond motifs is 2. The van der Waals surface area contributed by atoms with Gasteiger partial charge in [0.15, 0.2) is 5.82 Å². The van der Waals surface area contributed by atoms with Crippen LogP contribution in [0, 0.1) is 0 Å². The Kier molecular flexibility index (Phi) is 6.22. The van der Waals surface area contributed by atoms with Gasteiger partial charge in [0.05, 0.1) is 20.8 Å². The fraction of sp³-hybridized carbons (Fsp3) is 0.364. The molecule has 1 aromatic carbocycles. The minimum Gasteiger partial charge on any atom is -0.508 e. The lowest BCUT2D eigenvalue weighted by molar-refractivity contribution is 0.422. The summed E-state index contributed by atoms with van der Waals surface area (Å²) < 4.78 is 9.63. The zero-order chi connectivity index (χ0) is 23.8. The lowest BCUT2D eigenvalue weighted by atomic mass is 10.2. The highest BCUT2D eigenvalue weighted by atomic mass is 79.9. The average Bonchev–Trinajstić information content (AvgIpc) is 3.53. The van der Waals surface area contributed by atoms with Crippen molar-refractivity contribution in [3.63, 3.8) is 0 Å². The summed E-state index contributed by atoms with van der Waals surface area (Å²) in [5, 5.41) is 22.5. The van der Waals surface area contributed by atoms with Crippen LogP contribution in [0.4, 0.5) is 5.82 Å². The molecule has 0 unspecified atom stereocenters. The van der Waals surface area contributed by atoms with Crippen molar-refractivity contribution in [3.8, 4) is 17.2 Å². The standard InChI is InChI=1S/C22H21BrClN7O3/c1-2-3-4-9-30-19-14(11-16(23)25-19)21(33)31-18(27-28-22(30)31)8-7-17-26-20(34-29-17)13-6-5-12(32)10-15(13)24/h5-6,10,32H,2-4,7-9,11H2,1H3. The largest absolute Gasteiger partial charge is 0.508 e. The molecule has 0 atom stereocenters. The maximum Gasteiger partial charge on any atom is 0.266 e. The topological polar surface area (TPSA) is 124 Å². The van der Waals surface area contributed by atoms with E-state index in [4.69, 9.17) is 16.1 Å². The van der Waals surface area contributed by atoms with Crippen LogP contribution in [0.2, 0.25) is 5.02 Å². The van der Waals surface area contributed by atoms with Crippen molar-refractivity contribution in [2.24, 2.45) is 4.99 Å². The second-order valence-corrected chi connectivity index (χ2v) is 9.39. The van der Waals surface area contributed by atoms with Crippen LogP contribution in [-0.4, -0.2) is 39.0 Å². The van der Waals surface area contributed by atoms with E-state index in [1.165, 1.54) is 12.1 Å². The number of halogens is 2. The molecule has 0 fully saturated rings. The van der Waals surface area contributed by atoms with E-state index in [1.807, 2.05) is 4.57 Å². The third-order valence-electron chi connectivity index (χ3n) is 5.70. The molecule has 4 aromatic rings. The van der Waals surface area contributed by atoms with Gasteiger partial charge in [-0.25, -0.2) is 9.39 Å². The summed E-state index contributed by atoms with van der Waals surface area (Å²) in [6, 6.07) is 4.53. The number of hydrogen-bond acceptors (Lipinski definition) is 8. The molecule has 0 radical (unpaired) electrons. The molecule has 3 aromatic heterocycles. The molecule has 34 heavy (non-hydrogen) atoms. The Morgan fingerprint density at radius 1 is 1.24 bits per heavy atom. The van der Waals surface area contributed by atoms with Crippen LogP contribution in [0.3, 0.4) is 0 Å². The van der Waals surface area contributed by atoms with Gasteiger partial charge >= 0.3 is 0 Å². The molecule has 0 spiro atoms. The first-order valence-corrected chi connectivity index (χ1v) is 12.2. The van der Waals surface area contributed by atoms with Crippen LogP contribution in [0.25, 0.3) is 17.2 Å². The lowest BCUT2D eigenvalue weighted by Gasteiger charge is -2.12. The summed E-state index contributed by atoms with van der Waals surface area (Å²) in [4.78, 5) is 22.2. The van der Waals surface area contributed by atoms with E-state index in [2.05, 4.69) is 48.2 Å². The summed E-state index contributed by atoms with van der Waals surface area (Å²) in [5.41, 5.74) is 1.02. The minimum absolute atomic E-state index is 0.0523. The number of phenols is 1. The second kappa shape index (κ2) is 9.30. The van der Waals surface area contributed by atoms with Gasteiger partial charge in [-0.05, 0) is 40.5 Å². The smallest absolute Gasteiger partial charge is 0.266 e.